The Morgan fingerprint density at radius 1 is 0.350 bits per heavy atom. The molecular formula is C75H80N4O. The first kappa shape index (κ1) is 54.1. The zero-order valence-corrected chi connectivity index (χ0v) is 50.0. The molecule has 1 aliphatic rings. The normalized spacial score (nSPS) is 13.6. The van der Waals surface area contributed by atoms with E-state index >= 15 is 0 Å². The molecule has 0 unspecified atom stereocenters. The fourth-order valence-corrected chi connectivity index (χ4v) is 12.0. The minimum absolute atomic E-state index is 0.0627. The van der Waals surface area contributed by atoms with Crippen molar-refractivity contribution in [2.45, 2.75) is 136 Å². The number of nitrogens with zero attached hydrogens (tertiary/aromatic N) is 4. The van der Waals surface area contributed by atoms with Crippen molar-refractivity contribution in [1.82, 2.24) is 9.55 Å². The molecule has 0 atom stereocenters. The molecule has 1 aliphatic heterocycles. The Labute approximate surface area is 476 Å². The van der Waals surface area contributed by atoms with Gasteiger partial charge in [-0.25, -0.2) is 4.98 Å². The minimum atomic E-state index is -0.347. The van der Waals surface area contributed by atoms with Crippen LogP contribution in [0.3, 0.4) is 0 Å². The van der Waals surface area contributed by atoms with Crippen LogP contribution < -0.4 is 14.5 Å². The van der Waals surface area contributed by atoms with E-state index in [0.29, 0.717) is 6.67 Å². The summed E-state index contributed by atoms with van der Waals surface area (Å²) in [6.07, 6.45) is 1.95. The van der Waals surface area contributed by atoms with Crippen LogP contribution in [0.2, 0.25) is 0 Å². The molecule has 0 amide bonds. The van der Waals surface area contributed by atoms with Crippen LogP contribution in [0.15, 0.2) is 200 Å². The molecule has 80 heavy (non-hydrogen) atoms. The molecule has 0 N–H and O–H groups in total. The number of rotatable bonds is 11. The number of para-hydroxylation sites is 1. The Morgan fingerprint density at radius 2 is 0.800 bits per heavy atom. The third-order valence-corrected chi connectivity index (χ3v) is 17.4. The zero-order valence-electron chi connectivity index (χ0n) is 50.0. The lowest BCUT2D eigenvalue weighted by atomic mass is 9.68. The molecule has 0 saturated carbocycles. The number of aromatic nitrogens is 2. The van der Waals surface area contributed by atoms with Gasteiger partial charge in [-0.3, -0.25) is 4.57 Å². The predicted molar refractivity (Wildman–Crippen MR) is 339 cm³/mol. The molecule has 8 aromatic carbocycles. The van der Waals surface area contributed by atoms with Crippen LogP contribution in [-0.4, -0.2) is 16.2 Å². The topological polar surface area (TPSA) is 33.5 Å². The van der Waals surface area contributed by atoms with Crippen molar-refractivity contribution in [2.75, 3.05) is 16.5 Å². The van der Waals surface area contributed by atoms with Crippen LogP contribution in [0.1, 0.15) is 154 Å². The van der Waals surface area contributed by atoms with Crippen molar-refractivity contribution < 1.29 is 4.74 Å². The third-order valence-electron chi connectivity index (χ3n) is 17.4. The summed E-state index contributed by atoms with van der Waals surface area (Å²) in [5, 5.41) is 2.32. The lowest BCUT2D eigenvalue weighted by Gasteiger charge is -2.37. The molecule has 5 nitrogen and oxygen atoms in total. The van der Waals surface area contributed by atoms with Gasteiger partial charge >= 0.3 is 0 Å². The number of benzene rings is 8. The number of ether oxygens (including phenoxy) is 1. The van der Waals surface area contributed by atoms with Crippen molar-refractivity contribution in [3.8, 4) is 17.3 Å². The predicted octanol–water partition coefficient (Wildman–Crippen LogP) is 20.1. The van der Waals surface area contributed by atoms with Crippen LogP contribution >= 0.6 is 0 Å². The molecule has 2 aromatic heterocycles. The van der Waals surface area contributed by atoms with Gasteiger partial charge in [-0.1, -0.05) is 219 Å². The molecule has 0 saturated heterocycles. The quantitative estimate of drug-likeness (QED) is 0.129. The van der Waals surface area contributed by atoms with Gasteiger partial charge in [0, 0.05) is 56.7 Å². The second-order valence-electron chi connectivity index (χ2n) is 27.1. The molecule has 0 fully saturated rings. The molecular weight excluding hydrogens is 973 g/mol. The maximum absolute atomic E-state index is 7.23. The Balaban J connectivity index is 1.09. The van der Waals surface area contributed by atoms with Crippen LogP contribution in [-0.2, 0) is 32.5 Å². The SMILES string of the molecule is CC(C)(C)c1cc(Oc2ccc3c4ccccc4n(-c4cc(C(C)(C)c5ccccc5)ccn4)c3c2)cc(N2CN(c3cc(C(C)(C)C)cc(C(C)(C)C)c3)c3cc(C(C)(C)c4ccccc4)c(C(C)(C)c4ccccc4)cc32)c1. The minimum Gasteiger partial charge on any atom is -0.457 e. The smallest absolute Gasteiger partial charge is 0.137 e. The first-order valence-corrected chi connectivity index (χ1v) is 28.7. The summed E-state index contributed by atoms with van der Waals surface area (Å²) in [5.74, 6) is 2.42. The highest BCUT2D eigenvalue weighted by Crippen LogP contribution is 2.53. The highest BCUT2D eigenvalue weighted by Gasteiger charge is 2.39. The summed E-state index contributed by atoms with van der Waals surface area (Å²) < 4.78 is 9.53. The number of hydrogen-bond acceptors (Lipinski definition) is 4. The van der Waals surface area contributed by atoms with E-state index in [0.717, 1.165) is 39.4 Å². The highest BCUT2D eigenvalue weighted by atomic mass is 16.5. The molecule has 10 aromatic rings. The van der Waals surface area contributed by atoms with Gasteiger partial charge in [0.25, 0.3) is 0 Å². The van der Waals surface area contributed by atoms with Gasteiger partial charge in [-0.2, -0.15) is 0 Å². The van der Waals surface area contributed by atoms with E-state index in [4.69, 9.17) is 9.72 Å². The van der Waals surface area contributed by atoms with Gasteiger partial charge in [0.1, 0.15) is 24.0 Å². The van der Waals surface area contributed by atoms with Crippen LogP contribution in [0.5, 0.6) is 11.5 Å². The molecule has 11 rings (SSSR count). The Bertz CT molecular complexity index is 3890. The van der Waals surface area contributed by atoms with E-state index in [1.54, 1.807) is 0 Å². The summed E-state index contributed by atoms with van der Waals surface area (Å²) in [4.78, 5) is 10.2. The summed E-state index contributed by atoms with van der Waals surface area (Å²) in [7, 11) is 0. The van der Waals surface area contributed by atoms with Crippen LogP contribution in [0.25, 0.3) is 27.6 Å². The lowest BCUT2D eigenvalue weighted by molar-refractivity contribution is 0.479. The molecule has 0 radical (unpaired) electrons. The molecule has 0 aliphatic carbocycles. The molecule has 0 spiro atoms. The Kier molecular flexibility index (Phi) is 13.3. The maximum atomic E-state index is 7.23. The van der Waals surface area contributed by atoms with E-state index in [2.05, 4.69) is 312 Å². The Hall–Kier alpha value is -7.89. The highest BCUT2D eigenvalue weighted by molar-refractivity contribution is 6.09. The summed E-state index contributed by atoms with van der Waals surface area (Å²) in [6.45, 7) is 35.7. The fourth-order valence-electron chi connectivity index (χ4n) is 12.0. The first-order chi connectivity index (χ1) is 37.8. The number of anilines is 4. The monoisotopic (exact) mass is 1050 g/mol. The third kappa shape index (κ3) is 9.88. The van der Waals surface area contributed by atoms with Crippen molar-refractivity contribution in [1.29, 1.82) is 0 Å². The van der Waals surface area contributed by atoms with Crippen LogP contribution in [0, 0.1) is 0 Å². The number of hydrogen-bond donors (Lipinski definition) is 0. The second kappa shape index (κ2) is 19.7. The Morgan fingerprint density at radius 3 is 1.31 bits per heavy atom. The van der Waals surface area contributed by atoms with Gasteiger partial charge in [0.15, 0.2) is 0 Å². The van der Waals surface area contributed by atoms with Gasteiger partial charge in [-0.05, 0) is 133 Å². The summed E-state index contributed by atoms with van der Waals surface area (Å²) in [5.41, 5.74) is 17.0. The zero-order chi connectivity index (χ0) is 56.7. The first-order valence-electron chi connectivity index (χ1n) is 28.7. The molecule has 0 bridgehead atoms. The summed E-state index contributed by atoms with van der Waals surface area (Å²) >= 11 is 0. The van der Waals surface area contributed by atoms with Crippen molar-refractivity contribution in [3.63, 3.8) is 0 Å². The molecule has 5 heteroatoms. The van der Waals surface area contributed by atoms with Gasteiger partial charge in [0.2, 0.25) is 0 Å². The van der Waals surface area contributed by atoms with E-state index < -0.39 is 0 Å². The average molecular weight is 1050 g/mol. The van der Waals surface area contributed by atoms with Crippen molar-refractivity contribution in [3.05, 3.63) is 250 Å². The van der Waals surface area contributed by atoms with E-state index in [1.165, 1.54) is 72.5 Å². The maximum Gasteiger partial charge on any atom is 0.137 e. The van der Waals surface area contributed by atoms with Crippen molar-refractivity contribution >= 4 is 44.6 Å². The largest absolute Gasteiger partial charge is 0.457 e. The standard InChI is InChI=1S/C75H80N4O/c1-70(2,3)54-39-55(71(4,5)6)41-57(40-54)77-49-78(68-48-64(75(14,15)52-31-23-18-24-32-52)63(47-67(68)77)74(12,13)51-29-21-17-22-30-51)58-42-56(72(7,8)9)43-60(45-58)80-59-35-36-62-61-33-25-26-34-65(61)79(66(62)46-59)69-44-53(37-38-76-69)73(10,11)50-27-19-16-20-28-50/h16-48H,49H2,1-15H3. The van der Waals surface area contributed by atoms with Gasteiger partial charge in [0.05, 0.1) is 22.4 Å². The van der Waals surface area contributed by atoms with Crippen LogP contribution in [0.4, 0.5) is 22.7 Å². The second-order valence-corrected chi connectivity index (χ2v) is 27.1. The van der Waals surface area contributed by atoms with E-state index in [-0.39, 0.29) is 32.5 Å². The number of pyridine rings is 1. The van der Waals surface area contributed by atoms with Crippen molar-refractivity contribution in [2.24, 2.45) is 0 Å². The van der Waals surface area contributed by atoms with Gasteiger partial charge in [-0.15, -0.1) is 0 Å². The van der Waals surface area contributed by atoms with Gasteiger partial charge < -0.3 is 14.5 Å². The number of fused-ring (bicyclic) bond motifs is 4. The fraction of sp³-hybridized carbons (Fsp3) is 0.293. The van der Waals surface area contributed by atoms with E-state index in [9.17, 15) is 0 Å². The molecule has 406 valence electrons. The molecule has 3 heterocycles. The summed E-state index contributed by atoms with van der Waals surface area (Å²) in [6, 6.07) is 71.7. The lowest BCUT2D eigenvalue weighted by Crippen LogP contribution is -2.28. The average Bonchev–Trinajstić information content (AvgIpc) is 3.99. The van der Waals surface area contributed by atoms with E-state index in [1.807, 2.05) is 6.20 Å².